The molecule has 0 bridgehead atoms. The van der Waals surface area contributed by atoms with Crippen molar-refractivity contribution in [3.8, 4) is 17.2 Å². The summed E-state index contributed by atoms with van der Waals surface area (Å²) in [7, 11) is 1.28. The molecule has 7 nitrogen and oxygen atoms in total. The quantitative estimate of drug-likeness (QED) is 0.334. The van der Waals surface area contributed by atoms with Crippen LogP contribution >= 0.6 is 0 Å². The van der Waals surface area contributed by atoms with E-state index in [2.05, 4.69) is 0 Å². The number of benzene rings is 2. The number of ether oxygens (including phenoxy) is 3. The fraction of sp³-hybridized carbons (Fsp3) is 0.188. The van der Waals surface area contributed by atoms with Gasteiger partial charge >= 0.3 is 12.1 Å². The molecule has 0 saturated heterocycles. The first-order valence-electron chi connectivity index (χ1n) is 7.04. The Bertz CT molecular complexity index is 822. The van der Waals surface area contributed by atoms with Gasteiger partial charge in [-0.25, -0.2) is 4.79 Å². The molecule has 0 aliphatic carbocycles. The fourth-order valence-corrected chi connectivity index (χ4v) is 1.92. The van der Waals surface area contributed by atoms with Gasteiger partial charge in [0.2, 0.25) is 0 Å². The van der Waals surface area contributed by atoms with E-state index >= 15 is 0 Å². The van der Waals surface area contributed by atoms with Crippen LogP contribution in [0.15, 0.2) is 42.5 Å². The first-order valence-corrected chi connectivity index (χ1v) is 7.04. The highest BCUT2D eigenvalue weighted by molar-refractivity contribution is 5.75. The molecule has 0 atom stereocenters. The van der Waals surface area contributed by atoms with Crippen LogP contribution in [-0.4, -0.2) is 24.6 Å². The summed E-state index contributed by atoms with van der Waals surface area (Å²) in [5, 5.41) is 10.8. The third-order valence-electron chi connectivity index (χ3n) is 3.10. The number of esters is 1. The van der Waals surface area contributed by atoms with Crippen LogP contribution in [-0.2, 0) is 11.0 Å². The molecule has 0 spiro atoms. The number of nitro groups is 1. The van der Waals surface area contributed by atoms with E-state index in [4.69, 9.17) is 14.2 Å². The lowest BCUT2D eigenvalue weighted by molar-refractivity contribution is -0.384. The van der Waals surface area contributed by atoms with Crippen molar-refractivity contribution in [1.82, 2.24) is 0 Å². The summed E-state index contributed by atoms with van der Waals surface area (Å²) < 4.78 is 52.7. The molecule has 2 aromatic rings. The van der Waals surface area contributed by atoms with E-state index in [9.17, 15) is 28.1 Å². The fourth-order valence-electron chi connectivity index (χ4n) is 1.92. The van der Waals surface area contributed by atoms with Crippen LogP contribution in [0.3, 0.4) is 0 Å². The number of carbonyl (C=O) groups is 1. The highest BCUT2D eigenvalue weighted by atomic mass is 19.4. The molecular formula is C16H12F3NO6. The van der Waals surface area contributed by atoms with E-state index in [0.717, 1.165) is 30.3 Å². The third-order valence-corrected chi connectivity index (χ3v) is 3.10. The van der Waals surface area contributed by atoms with E-state index in [1.807, 2.05) is 0 Å². The molecule has 2 rings (SSSR count). The Morgan fingerprint density at radius 1 is 1.15 bits per heavy atom. The van der Waals surface area contributed by atoms with Crippen LogP contribution in [0.5, 0.6) is 17.2 Å². The molecule has 138 valence electrons. The monoisotopic (exact) mass is 371 g/mol. The van der Waals surface area contributed by atoms with Gasteiger partial charge in [0, 0.05) is 6.07 Å². The zero-order valence-corrected chi connectivity index (χ0v) is 13.3. The molecule has 0 saturated carbocycles. The number of halogens is 3. The summed E-state index contributed by atoms with van der Waals surface area (Å²) in [4.78, 5) is 21.9. The maximum atomic E-state index is 12.6. The molecule has 26 heavy (non-hydrogen) atoms. The highest BCUT2D eigenvalue weighted by Crippen LogP contribution is 2.32. The average Bonchev–Trinajstić information content (AvgIpc) is 2.59. The predicted octanol–water partition coefficient (Wildman–Crippen LogP) is 3.61. The number of hydrogen-bond donors (Lipinski definition) is 0. The van der Waals surface area contributed by atoms with Crippen LogP contribution < -0.4 is 14.2 Å². The maximum absolute atomic E-state index is 12.6. The summed E-state index contributed by atoms with van der Waals surface area (Å²) in [6, 6.07) is 7.37. The molecule has 0 aliphatic rings. The molecule has 0 unspecified atom stereocenters. The normalized spacial score (nSPS) is 10.9. The molecule has 2 aromatic carbocycles. The highest BCUT2D eigenvalue weighted by Gasteiger charge is 2.30. The lowest BCUT2D eigenvalue weighted by Crippen LogP contribution is -2.18. The van der Waals surface area contributed by atoms with E-state index in [-0.39, 0.29) is 22.9 Å². The molecule has 0 aliphatic heterocycles. The molecule has 0 fully saturated rings. The van der Waals surface area contributed by atoms with Crippen molar-refractivity contribution < 1.29 is 37.1 Å². The van der Waals surface area contributed by atoms with Crippen LogP contribution in [0.2, 0.25) is 0 Å². The Hall–Kier alpha value is -3.30. The van der Waals surface area contributed by atoms with Crippen molar-refractivity contribution in [2.75, 3.05) is 13.7 Å². The van der Waals surface area contributed by atoms with E-state index in [1.165, 1.54) is 19.2 Å². The van der Waals surface area contributed by atoms with Gasteiger partial charge in [-0.2, -0.15) is 13.2 Å². The second-order valence-electron chi connectivity index (χ2n) is 4.88. The van der Waals surface area contributed by atoms with Gasteiger partial charge in [0.1, 0.15) is 5.75 Å². The third kappa shape index (κ3) is 4.85. The minimum Gasteiger partial charge on any atom is -0.493 e. The van der Waals surface area contributed by atoms with Crippen molar-refractivity contribution in [1.29, 1.82) is 0 Å². The van der Waals surface area contributed by atoms with Crippen LogP contribution in [0.1, 0.15) is 5.56 Å². The average molecular weight is 371 g/mol. The maximum Gasteiger partial charge on any atom is 0.416 e. The summed E-state index contributed by atoms with van der Waals surface area (Å²) in [5.41, 5.74) is -1.25. The smallest absolute Gasteiger partial charge is 0.416 e. The zero-order chi connectivity index (χ0) is 19.3. The SMILES string of the molecule is COc1ccc([N+](=O)[O-])cc1OC(=O)COc1cccc(C(F)(F)F)c1. The van der Waals surface area contributed by atoms with Crippen LogP contribution in [0.4, 0.5) is 18.9 Å². The molecule has 10 heteroatoms. The number of alkyl halides is 3. The van der Waals surface area contributed by atoms with Gasteiger partial charge in [0.15, 0.2) is 18.1 Å². The van der Waals surface area contributed by atoms with Crippen molar-refractivity contribution in [3.63, 3.8) is 0 Å². The van der Waals surface area contributed by atoms with Crippen molar-refractivity contribution >= 4 is 11.7 Å². The summed E-state index contributed by atoms with van der Waals surface area (Å²) in [5.74, 6) is -1.29. The topological polar surface area (TPSA) is 87.9 Å². The predicted molar refractivity (Wildman–Crippen MR) is 82.2 cm³/mol. The number of nitrogens with zero attached hydrogens (tertiary/aromatic N) is 1. The van der Waals surface area contributed by atoms with Gasteiger partial charge in [0.05, 0.1) is 23.7 Å². The Labute approximate surface area is 145 Å². The molecule has 0 heterocycles. The van der Waals surface area contributed by atoms with E-state index < -0.39 is 29.2 Å². The van der Waals surface area contributed by atoms with Gasteiger partial charge in [-0.05, 0) is 24.3 Å². The van der Waals surface area contributed by atoms with Gasteiger partial charge in [0.25, 0.3) is 5.69 Å². The summed E-state index contributed by atoms with van der Waals surface area (Å²) in [6.07, 6.45) is -4.55. The molecule has 0 N–H and O–H groups in total. The number of nitro benzene ring substituents is 1. The Balaban J connectivity index is 2.06. The first-order chi connectivity index (χ1) is 12.2. The molecule has 0 radical (unpaired) electrons. The lowest BCUT2D eigenvalue weighted by atomic mass is 10.2. The van der Waals surface area contributed by atoms with E-state index in [0.29, 0.717) is 0 Å². The Kier molecular flexibility index (Phi) is 5.65. The van der Waals surface area contributed by atoms with Crippen molar-refractivity contribution in [2.24, 2.45) is 0 Å². The van der Waals surface area contributed by atoms with Crippen molar-refractivity contribution in [3.05, 3.63) is 58.1 Å². The minimum atomic E-state index is -4.55. The molecular weight excluding hydrogens is 359 g/mol. The zero-order valence-electron chi connectivity index (χ0n) is 13.3. The minimum absolute atomic E-state index is 0.0722. The Morgan fingerprint density at radius 3 is 2.50 bits per heavy atom. The van der Waals surface area contributed by atoms with Crippen LogP contribution in [0.25, 0.3) is 0 Å². The second kappa shape index (κ2) is 7.72. The number of hydrogen-bond acceptors (Lipinski definition) is 6. The Morgan fingerprint density at radius 2 is 1.88 bits per heavy atom. The lowest BCUT2D eigenvalue weighted by Gasteiger charge is -2.11. The standard InChI is InChI=1S/C16H12F3NO6/c1-24-13-6-5-11(20(22)23)8-14(13)26-15(21)9-25-12-4-2-3-10(7-12)16(17,18)19/h2-8H,9H2,1H3. The summed E-state index contributed by atoms with van der Waals surface area (Å²) in [6.45, 7) is -0.701. The number of carbonyl (C=O) groups excluding carboxylic acids is 1. The van der Waals surface area contributed by atoms with Gasteiger partial charge < -0.3 is 14.2 Å². The van der Waals surface area contributed by atoms with E-state index in [1.54, 1.807) is 0 Å². The van der Waals surface area contributed by atoms with Crippen molar-refractivity contribution in [2.45, 2.75) is 6.18 Å². The number of methoxy groups -OCH3 is 1. The van der Waals surface area contributed by atoms with Crippen LogP contribution in [0, 0.1) is 10.1 Å². The van der Waals surface area contributed by atoms with Gasteiger partial charge in [-0.3, -0.25) is 10.1 Å². The summed E-state index contributed by atoms with van der Waals surface area (Å²) >= 11 is 0. The second-order valence-corrected chi connectivity index (χ2v) is 4.88. The molecule has 0 aromatic heterocycles. The van der Waals surface area contributed by atoms with Gasteiger partial charge in [-0.15, -0.1) is 0 Å². The largest absolute Gasteiger partial charge is 0.493 e. The molecule has 0 amide bonds. The number of non-ortho nitro benzene ring substituents is 1. The first kappa shape index (κ1) is 19.0. The number of rotatable bonds is 6. The van der Waals surface area contributed by atoms with Gasteiger partial charge in [-0.1, -0.05) is 6.07 Å².